The third kappa shape index (κ3) is 4.53. The molecule has 0 amide bonds. The van der Waals surface area contributed by atoms with Crippen LogP contribution in [-0.2, 0) is 6.42 Å². The number of hydrogen-bond donors (Lipinski definition) is 0. The maximum atomic E-state index is 4.25. The van der Waals surface area contributed by atoms with E-state index in [0.29, 0.717) is 0 Å². The molecule has 0 N–H and O–H groups in total. The number of thiazole rings is 2. The van der Waals surface area contributed by atoms with Crippen molar-refractivity contribution in [1.29, 1.82) is 0 Å². The molecule has 0 bridgehead atoms. The molecule has 2 aromatic rings. The van der Waals surface area contributed by atoms with E-state index in [1.807, 2.05) is 20.8 Å². The molecular formula is C11H16N2S2. The number of hydrogen-bond acceptors (Lipinski definition) is 4. The second kappa shape index (κ2) is 5.98. The lowest BCUT2D eigenvalue weighted by molar-refractivity contribution is 1.07. The predicted octanol–water partition coefficient (Wildman–Crippen LogP) is 3.77. The Morgan fingerprint density at radius 2 is 1.60 bits per heavy atom. The highest BCUT2D eigenvalue weighted by Crippen LogP contribution is 2.07. The quantitative estimate of drug-likeness (QED) is 0.758. The van der Waals surface area contributed by atoms with Gasteiger partial charge in [-0.15, -0.1) is 22.7 Å². The van der Waals surface area contributed by atoms with Crippen LogP contribution in [0.4, 0.5) is 0 Å². The Morgan fingerprint density at radius 3 is 1.80 bits per heavy atom. The second-order valence-electron chi connectivity index (χ2n) is 3.24. The lowest BCUT2D eigenvalue weighted by Gasteiger charge is -1.79. The van der Waals surface area contributed by atoms with Crippen LogP contribution in [0.5, 0.6) is 0 Å². The van der Waals surface area contributed by atoms with E-state index in [2.05, 4.69) is 27.7 Å². The van der Waals surface area contributed by atoms with Crippen LogP contribution in [0.1, 0.15) is 28.3 Å². The molecule has 0 aliphatic carbocycles. The molecular weight excluding hydrogens is 224 g/mol. The van der Waals surface area contributed by atoms with Crippen LogP contribution in [0.15, 0.2) is 10.8 Å². The Bertz CT molecular complexity index is 388. The second-order valence-corrected chi connectivity index (χ2v) is 5.25. The van der Waals surface area contributed by atoms with Crippen molar-refractivity contribution < 1.29 is 0 Å². The highest BCUT2D eigenvalue weighted by molar-refractivity contribution is 7.09. The summed E-state index contributed by atoms with van der Waals surface area (Å²) in [5.41, 5.74) is 2.27. The maximum absolute atomic E-state index is 4.25. The molecule has 0 radical (unpaired) electrons. The zero-order valence-electron chi connectivity index (χ0n) is 9.57. The van der Waals surface area contributed by atoms with Crippen molar-refractivity contribution in [2.75, 3.05) is 0 Å². The molecule has 0 aromatic carbocycles. The summed E-state index contributed by atoms with van der Waals surface area (Å²) in [5, 5.41) is 6.52. The Labute approximate surface area is 99.0 Å². The monoisotopic (exact) mass is 240 g/mol. The number of aryl methyl sites for hydroxylation is 4. The summed E-state index contributed by atoms with van der Waals surface area (Å²) in [6.07, 6.45) is 1.07. The van der Waals surface area contributed by atoms with Crippen LogP contribution >= 0.6 is 22.7 Å². The first-order valence-corrected chi connectivity index (χ1v) is 6.67. The molecule has 2 rings (SSSR count). The summed E-state index contributed by atoms with van der Waals surface area (Å²) in [7, 11) is 0. The number of nitrogens with zero attached hydrogens (tertiary/aromatic N) is 2. The third-order valence-electron chi connectivity index (χ3n) is 1.70. The van der Waals surface area contributed by atoms with E-state index in [0.717, 1.165) is 22.8 Å². The van der Waals surface area contributed by atoms with Crippen molar-refractivity contribution in [1.82, 2.24) is 9.97 Å². The summed E-state index contributed by atoms with van der Waals surface area (Å²) < 4.78 is 0. The van der Waals surface area contributed by atoms with Gasteiger partial charge in [-0.3, -0.25) is 0 Å². The van der Waals surface area contributed by atoms with Gasteiger partial charge in [0.2, 0.25) is 0 Å². The maximum Gasteiger partial charge on any atom is 0.0925 e. The van der Waals surface area contributed by atoms with E-state index in [-0.39, 0.29) is 0 Å². The average molecular weight is 240 g/mol. The van der Waals surface area contributed by atoms with Gasteiger partial charge in [0, 0.05) is 22.1 Å². The topological polar surface area (TPSA) is 25.8 Å². The van der Waals surface area contributed by atoms with Gasteiger partial charge in [0.25, 0.3) is 0 Å². The minimum atomic E-state index is 1.07. The highest BCUT2D eigenvalue weighted by Gasteiger charge is 1.91. The molecule has 0 saturated heterocycles. The Morgan fingerprint density at radius 1 is 1.00 bits per heavy atom. The van der Waals surface area contributed by atoms with E-state index in [4.69, 9.17) is 0 Å². The zero-order chi connectivity index (χ0) is 11.3. The largest absolute Gasteiger partial charge is 0.247 e. The summed E-state index contributed by atoms with van der Waals surface area (Å²) >= 11 is 3.43. The smallest absolute Gasteiger partial charge is 0.0925 e. The van der Waals surface area contributed by atoms with Crippen molar-refractivity contribution in [3.8, 4) is 0 Å². The van der Waals surface area contributed by atoms with Crippen LogP contribution < -0.4 is 0 Å². The number of rotatable bonds is 1. The molecule has 0 fully saturated rings. The van der Waals surface area contributed by atoms with E-state index < -0.39 is 0 Å². The van der Waals surface area contributed by atoms with Gasteiger partial charge < -0.3 is 0 Å². The molecule has 2 heterocycles. The van der Waals surface area contributed by atoms with Gasteiger partial charge in [-0.1, -0.05) is 6.92 Å². The molecule has 82 valence electrons. The summed E-state index contributed by atoms with van der Waals surface area (Å²) in [6.45, 7) is 8.16. The standard InChI is InChI=1S/C6H9NS.C5H7NS/c1-3-6-7-5(2)4-8-6;1-4-3-7-5(2)6-4/h4H,3H2,1-2H3;3H,1-2H3. The fourth-order valence-corrected chi connectivity index (χ4v) is 2.35. The van der Waals surface area contributed by atoms with Crippen molar-refractivity contribution in [2.45, 2.75) is 34.1 Å². The van der Waals surface area contributed by atoms with Crippen molar-refractivity contribution in [2.24, 2.45) is 0 Å². The SMILES string of the molecule is CCc1nc(C)cs1.Cc1csc(C)n1. The Kier molecular flexibility index (Phi) is 4.91. The van der Waals surface area contributed by atoms with Crippen molar-refractivity contribution in [3.63, 3.8) is 0 Å². The molecule has 0 unspecified atom stereocenters. The fourth-order valence-electron chi connectivity index (χ4n) is 1.04. The average Bonchev–Trinajstić information content (AvgIpc) is 2.76. The normalized spacial score (nSPS) is 9.60. The summed E-state index contributed by atoms with van der Waals surface area (Å²) in [6, 6.07) is 0. The molecule has 2 aromatic heterocycles. The van der Waals surface area contributed by atoms with E-state index in [1.165, 1.54) is 5.01 Å². The predicted molar refractivity (Wildman–Crippen MR) is 67.8 cm³/mol. The lowest BCUT2D eigenvalue weighted by atomic mass is 10.5. The first kappa shape index (κ1) is 12.3. The minimum Gasteiger partial charge on any atom is -0.247 e. The molecule has 0 saturated carbocycles. The summed E-state index contributed by atoms with van der Waals surface area (Å²) in [4.78, 5) is 8.38. The molecule has 0 aliphatic rings. The molecule has 4 heteroatoms. The van der Waals surface area contributed by atoms with Crippen molar-refractivity contribution >= 4 is 22.7 Å². The van der Waals surface area contributed by atoms with E-state index >= 15 is 0 Å². The van der Waals surface area contributed by atoms with Crippen LogP contribution in [0.25, 0.3) is 0 Å². The summed E-state index contributed by atoms with van der Waals surface area (Å²) in [5.74, 6) is 0. The molecule has 0 atom stereocenters. The van der Waals surface area contributed by atoms with Crippen molar-refractivity contribution in [3.05, 3.63) is 32.2 Å². The molecule has 15 heavy (non-hydrogen) atoms. The zero-order valence-corrected chi connectivity index (χ0v) is 11.2. The van der Waals surface area contributed by atoms with Gasteiger partial charge in [0.1, 0.15) is 0 Å². The van der Waals surface area contributed by atoms with Gasteiger partial charge in [0.15, 0.2) is 0 Å². The van der Waals surface area contributed by atoms with Gasteiger partial charge >= 0.3 is 0 Å². The molecule has 0 aliphatic heterocycles. The van der Waals surface area contributed by atoms with Crippen LogP contribution in [-0.4, -0.2) is 9.97 Å². The molecule has 2 nitrogen and oxygen atoms in total. The van der Waals surface area contributed by atoms with Gasteiger partial charge in [-0.05, 0) is 27.2 Å². The lowest BCUT2D eigenvalue weighted by Crippen LogP contribution is -1.75. The fraction of sp³-hybridized carbons (Fsp3) is 0.455. The Balaban J connectivity index is 0.000000151. The number of aromatic nitrogens is 2. The minimum absolute atomic E-state index is 1.07. The first-order valence-electron chi connectivity index (χ1n) is 4.91. The van der Waals surface area contributed by atoms with Crippen LogP contribution in [0.2, 0.25) is 0 Å². The van der Waals surface area contributed by atoms with Gasteiger partial charge in [-0.25, -0.2) is 9.97 Å². The van der Waals surface area contributed by atoms with E-state index in [1.54, 1.807) is 22.7 Å². The van der Waals surface area contributed by atoms with Crippen LogP contribution in [0.3, 0.4) is 0 Å². The first-order chi connectivity index (χ1) is 7.11. The third-order valence-corrected chi connectivity index (χ3v) is 3.71. The highest BCUT2D eigenvalue weighted by atomic mass is 32.1. The van der Waals surface area contributed by atoms with Gasteiger partial charge in [0.05, 0.1) is 10.0 Å². The van der Waals surface area contributed by atoms with Gasteiger partial charge in [-0.2, -0.15) is 0 Å². The Hall–Kier alpha value is -0.740. The van der Waals surface area contributed by atoms with E-state index in [9.17, 15) is 0 Å². The molecule has 0 spiro atoms. The van der Waals surface area contributed by atoms with Crippen LogP contribution in [0, 0.1) is 20.8 Å².